The summed E-state index contributed by atoms with van der Waals surface area (Å²) in [5.74, 6) is 0.707. The van der Waals surface area contributed by atoms with E-state index >= 15 is 0 Å². The molecule has 0 spiro atoms. The highest BCUT2D eigenvalue weighted by Crippen LogP contribution is 2.36. The Hall–Kier alpha value is -3.22. The van der Waals surface area contributed by atoms with Gasteiger partial charge < -0.3 is 10.6 Å². The summed E-state index contributed by atoms with van der Waals surface area (Å²) in [6.45, 7) is 2.31. The van der Waals surface area contributed by atoms with Gasteiger partial charge in [-0.1, -0.05) is 19.1 Å². The maximum atomic E-state index is 12.1. The van der Waals surface area contributed by atoms with E-state index in [1.165, 1.54) is 5.56 Å². The molecule has 0 saturated heterocycles. The average molecular weight is 362 g/mol. The number of anilines is 2. The van der Waals surface area contributed by atoms with E-state index in [1.807, 2.05) is 53.2 Å². The van der Waals surface area contributed by atoms with Crippen LogP contribution in [0.4, 0.5) is 11.4 Å². The van der Waals surface area contributed by atoms with Crippen molar-refractivity contribution in [3.63, 3.8) is 0 Å². The molecular weight excluding hydrogens is 340 g/mol. The van der Waals surface area contributed by atoms with Gasteiger partial charge in [0.2, 0.25) is 5.91 Å². The van der Waals surface area contributed by atoms with Crippen LogP contribution in [0.2, 0.25) is 0 Å². The molecule has 27 heavy (non-hydrogen) atoms. The molecule has 7 nitrogen and oxygen atoms in total. The van der Waals surface area contributed by atoms with Gasteiger partial charge in [0, 0.05) is 16.9 Å². The summed E-state index contributed by atoms with van der Waals surface area (Å²) in [5.41, 5.74) is 3.90. The molecule has 1 heterocycles. The Morgan fingerprint density at radius 2 is 1.78 bits per heavy atom. The second kappa shape index (κ2) is 7.57. The smallest absolute Gasteiger partial charge is 0.243 e. The SMILES string of the molecule is CCc1ccc(NC(=O)CNc2ccc(-c3nnnn3C3CC3)cc2)cc1. The quantitative estimate of drug-likeness (QED) is 0.674. The summed E-state index contributed by atoms with van der Waals surface area (Å²) in [5, 5.41) is 18.0. The van der Waals surface area contributed by atoms with E-state index in [4.69, 9.17) is 0 Å². The van der Waals surface area contributed by atoms with Crippen LogP contribution >= 0.6 is 0 Å². The van der Waals surface area contributed by atoms with Crippen LogP contribution in [0.15, 0.2) is 48.5 Å². The van der Waals surface area contributed by atoms with Crippen molar-refractivity contribution >= 4 is 17.3 Å². The first-order valence-corrected chi connectivity index (χ1v) is 9.24. The van der Waals surface area contributed by atoms with Gasteiger partial charge in [-0.05, 0) is 71.7 Å². The van der Waals surface area contributed by atoms with Crippen molar-refractivity contribution in [1.29, 1.82) is 0 Å². The van der Waals surface area contributed by atoms with Gasteiger partial charge in [-0.3, -0.25) is 4.79 Å². The van der Waals surface area contributed by atoms with Crippen LogP contribution in [0.3, 0.4) is 0 Å². The number of nitrogens with zero attached hydrogens (tertiary/aromatic N) is 4. The molecule has 0 atom stereocenters. The van der Waals surface area contributed by atoms with Crippen molar-refractivity contribution in [2.75, 3.05) is 17.2 Å². The Balaban J connectivity index is 1.33. The highest BCUT2D eigenvalue weighted by Gasteiger charge is 2.28. The number of benzene rings is 2. The lowest BCUT2D eigenvalue weighted by molar-refractivity contribution is -0.114. The number of hydrogen-bond donors (Lipinski definition) is 2. The normalized spacial score (nSPS) is 13.4. The van der Waals surface area contributed by atoms with Crippen LogP contribution in [0.1, 0.15) is 31.4 Å². The minimum absolute atomic E-state index is 0.0824. The highest BCUT2D eigenvalue weighted by atomic mass is 16.1. The lowest BCUT2D eigenvalue weighted by Gasteiger charge is -2.09. The Morgan fingerprint density at radius 3 is 2.44 bits per heavy atom. The molecule has 7 heteroatoms. The van der Waals surface area contributed by atoms with Crippen molar-refractivity contribution in [2.45, 2.75) is 32.2 Å². The molecule has 2 aromatic carbocycles. The minimum atomic E-state index is -0.0824. The monoisotopic (exact) mass is 362 g/mol. The minimum Gasteiger partial charge on any atom is -0.376 e. The largest absolute Gasteiger partial charge is 0.376 e. The predicted molar refractivity (Wildman–Crippen MR) is 104 cm³/mol. The molecule has 138 valence electrons. The topological polar surface area (TPSA) is 84.7 Å². The molecular formula is C20H22N6O. The Bertz CT molecular complexity index is 912. The first kappa shape index (κ1) is 17.2. The lowest BCUT2D eigenvalue weighted by Crippen LogP contribution is -2.21. The van der Waals surface area contributed by atoms with E-state index in [-0.39, 0.29) is 12.5 Å². The van der Waals surface area contributed by atoms with Gasteiger partial charge in [0.05, 0.1) is 12.6 Å². The van der Waals surface area contributed by atoms with E-state index < -0.39 is 0 Å². The fourth-order valence-corrected chi connectivity index (χ4v) is 2.90. The van der Waals surface area contributed by atoms with Crippen molar-refractivity contribution in [3.8, 4) is 11.4 Å². The van der Waals surface area contributed by atoms with Crippen molar-refractivity contribution < 1.29 is 4.79 Å². The molecule has 1 aliphatic carbocycles. The number of aryl methyl sites for hydroxylation is 1. The fourth-order valence-electron chi connectivity index (χ4n) is 2.90. The van der Waals surface area contributed by atoms with Gasteiger partial charge in [0.15, 0.2) is 5.82 Å². The van der Waals surface area contributed by atoms with Crippen LogP contribution < -0.4 is 10.6 Å². The lowest BCUT2D eigenvalue weighted by atomic mass is 10.1. The molecule has 1 fully saturated rings. The third kappa shape index (κ3) is 4.13. The first-order valence-electron chi connectivity index (χ1n) is 9.24. The number of tetrazole rings is 1. The van der Waals surface area contributed by atoms with Crippen LogP contribution in [-0.4, -0.2) is 32.7 Å². The number of aromatic nitrogens is 4. The molecule has 2 N–H and O–H groups in total. The van der Waals surface area contributed by atoms with Gasteiger partial charge in [-0.15, -0.1) is 5.10 Å². The van der Waals surface area contributed by atoms with E-state index in [0.717, 1.165) is 42.0 Å². The number of carbonyl (C=O) groups excluding carboxylic acids is 1. The van der Waals surface area contributed by atoms with E-state index in [1.54, 1.807) is 0 Å². The summed E-state index contributed by atoms with van der Waals surface area (Å²) in [6, 6.07) is 16.1. The first-order chi connectivity index (χ1) is 13.2. The van der Waals surface area contributed by atoms with Crippen molar-refractivity contribution in [3.05, 3.63) is 54.1 Å². The van der Waals surface area contributed by atoms with Crippen molar-refractivity contribution in [2.24, 2.45) is 0 Å². The summed E-state index contributed by atoms with van der Waals surface area (Å²) < 4.78 is 1.89. The molecule has 1 aliphatic rings. The zero-order chi connectivity index (χ0) is 18.6. The van der Waals surface area contributed by atoms with E-state index in [9.17, 15) is 4.79 Å². The molecule has 0 unspecified atom stereocenters. The molecule has 0 aliphatic heterocycles. The zero-order valence-corrected chi connectivity index (χ0v) is 15.2. The number of hydrogen-bond acceptors (Lipinski definition) is 5. The number of rotatable bonds is 7. The molecule has 1 saturated carbocycles. The summed E-state index contributed by atoms with van der Waals surface area (Å²) in [7, 11) is 0. The second-order valence-corrected chi connectivity index (χ2v) is 6.71. The maximum absolute atomic E-state index is 12.1. The van der Waals surface area contributed by atoms with Crippen LogP contribution in [0.5, 0.6) is 0 Å². The number of nitrogens with one attached hydrogen (secondary N) is 2. The molecule has 0 bridgehead atoms. The third-order valence-electron chi connectivity index (χ3n) is 4.63. The van der Waals surface area contributed by atoms with Gasteiger partial charge >= 0.3 is 0 Å². The zero-order valence-electron chi connectivity index (χ0n) is 15.2. The molecule has 4 rings (SSSR count). The van der Waals surface area contributed by atoms with E-state index in [0.29, 0.717) is 6.04 Å². The molecule has 1 aromatic heterocycles. The van der Waals surface area contributed by atoms with Gasteiger partial charge in [-0.25, -0.2) is 4.68 Å². The summed E-state index contributed by atoms with van der Waals surface area (Å²) >= 11 is 0. The molecule has 1 amide bonds. The van der Waals surface area contributed by atoms with E-state index in [2.05, 4.69) is 33.1 Å². The van der Waals surface area contributed by atoms with Crippen LogP contribution in [-0.2, 0) is 11.2 Å². The second-order valence-electron chi connectivity index (χ2n) is 6.71. The summed E-state index contributed by atoms with van der Waals surface area (Å²) in [4.78, 5) is 12.1. The van der Waals surface area contributed by atoms with Crippen molar-refractivity contribution in [1.82, 2.24) is 20.2 Å². The molecule has 0 radical (unpaired) electrons. The summed E-state index contributed by atoms with van der Waals surface area (Å²) in [6.07, 6.45) is 3.25. The third-order valence-corrected chi connectivity index (χ3v) is 4.63. The standard InChI is InChI=1S/C20H22N6O/c1-2-14-3-7-17(8-4-14)22-19(27)13-21-16-9-5-15(6-10-16)20-23-24-25-26(20)18-11-12-18/h3-10,18,21H,2,11-13H2,1H3,(H,22,27). The Morgan fingerprint density at radius 1 is 1.07 bits per heavy atom. The Kier molecular flexibility index (Phi) is 4.82. The fraction of sp³-hybridized carbons (Fsp3) is 0.300. The Labute approximate surface area is 157 Å². The van der Waals surface area contributed by atoms with Crippen LogP contribution in [0, 0.1) is 0 Å². The average Bonchev–Trinajstić information content (AvgIpc) is 3.44. The number of amides is 1. The van der Waals surface area contributed by atoms with Gasteiger partial charge in [0.25, 0.3) is 0 Å². The molecule has 3 aromatic rings. The maximum Gasteiger partial charge on any atom is 0.243 e. The predicted octanol–water partition coefficient (Wildman–Crippen LogP) is 3.29. The van der Waals surface area contributed by atoms with Gasteiger partial charge in [0.1, 0.15) is 0 Å². The van der Waals surface area contributed by atoms with Crippen LogP contribution in [0.25, 0.3) is 11.4 Å². The number of carbonyl (C=O) groups is 1. The highest BCUT2D eigenvalue weighted by molar-refractivity contribution is 5.93. The van der Waals surface area contributed by atoms with Gasteiger partial charge in [-0.2, -0.15) is 0 Å².